The summed E-state index contributed by atoms with van der Waals surface area (Å²) in [5.41, 5.74) is 3.08. The molecule has 1 N–H and O–H groups in total. The molecule has 0 heterocycles. The topological polar surface area (TPSA) is 86.8 Å². The van der Waals surface area contributed by atoms with Crippen molar-refractivity contribution in [2.24, 2.45) is 0 Å². The van der Waals surface area contributed by atoms with Crippen molar-refractivity contribution in [3.8, 4) is 0 Å². The van der Waals surface area contributed by atoms with Crippen molar-refractivity contribution in [3.63, 3.8) is 0 Å². The van der Waals surface area contributed by atoms with Crippen LogP contribution in [-0.2, 0) is 26.2 Å². The van der Waals surface area contributed by atoms with Crippen LogP contribution in [0.5, 0.6) is 0 Å². The number of carbonyl (C=O) groups is 2. The molecule has 1 atom stereocenters. The largest absolute Gasteiger partial charge is 0.352 e. The molecule has 4 rings (SSSR count). The van der Waals surface area contributed by atoms with Crippen LogP contribution in [0.3, 0.4) is 0 Å². The number of benzene rings is 3. The van der Waals surface area contributed by atoms with Gasteiger partial charge in [-0.3, -0.25) is 13.9 Å². The predicted octanol–water partition coefficient (Wildman–Crippen LogP) is 5.42. The molecule has 3 aromatic carbocycles. The molecule has 7 nitrogen and oxygen atoms in total. The van der Waals surface area contributed by atoms with Gasteiger partial charge in [0, 0.05) is 18.2 Å². The van der Waals surface area contributed by atoms with Gasteiger partial charge in [0.15, 0.2) is 0 Å². The van der Waals surface area contributed by atoms with Crippen molar-refractivity contribution < 1.29 is 22.4 Å². The third-order valence-corrected chi connectivity index (χ3v) is 9.67. The minimum Gasteiger partial charge on any atom is -0.352 e. The van der Waals surface area contributed by atoms with Crippen molar-refractivity contribution in [1.82, 2.24) is 10.2 Å². The molecule has 1 fully saturated rings. The second-order valence-electron chi connectivity index (χ2n) is 10.8. The molecule has 3 aromatic rings. The number of carbonyl (C=O) groups excluding carboxylic acids is 2. The fourth-order valence-electron chi connectivity index (χ4n) is 5.14. The molecule has 0 aliphatic heterocycles. The summed E-state index contributed by atoms with van der Waals surface area (Å²) in [5.74, 6) is -1.47. The van der Waals surface area contributed by atoms with Gasteiger partial charge in [-0.25, -0.2) is 12.8 Å². The molecule has 0 saturated heterocycles. The van der Waals surface area contributed by atoms with Crippen LogP contribution < -0.4 is 9.62 Å². The molecule has 1 saturated carbocycles. The lowest BCUT2D eigenvalue weighted by Crippen LogP contribution is -2.52. The quantitative estimate of drug-likeness (QED) is 0.348. The van der Waals surface area contributed by atoms with E-state index in [-0.39, 0.29) is 29.0 Å². The van der Waals surface area contributed by atoms with Gasteiger partial charge in [-0.05, 0) is 75.9 Å². The highest BCUT2D eigenvalue weighted by Gasteiger charge is 2.34. The Labute approximate surface area is 242 Å². The van der Waals surface area contributed by atoms with Gasteiger partial charge in [0.2, 0.25) is 11.8 Å². The van der Waals surface area contributed by atoms with Crippen molar-refractivity contribution in [3.05, 3.63) is 94.8 Å². The summed E-state index contributed by atoms with van der Waals surface area (Å²) >= 11 is 0. The number of aryl methyl sites for hydroxylation is 2. The summed E-state index contributed by atoms with van der Waals surface area (Å²) < 4.78 is 43.9. The van der Waals surface area contributed by atoms with Gasteiger partial charge in [-0.1, -0.05) is 60.9 Å². The van der Waals surface area contributed by atoms with Gasteiger partial charge in [0.05, 0.1) is 10.6 Å². The Hall–Kier alpha value is -3.72. The first-order valence-electron chi connectivity index (χ1n) is 14.0. The number of nitrogens with zero attached hydrogens (tertiary/aromatic N) is 2. The number of halogens is 1. The highest BCUT2D eigenvalue weighted by molar-refractivity contribution is 7.92. The number of nitrogens with one attached hydrogen (secondary N) is 1. The van der Waals surface area contributed by atoms with Gasteiger partial charge in [0.25, 0.3) is 10.0 Å². The maximum Gasteiger partial charge on any atom is 0.264 e. The van der Waals surface area contributed by atoms with E-state index in [9.17, 15) is 22.4 Å². The number of rotatable bonds is 10. The zero-order valence-electron chi connectivity index (χ0n) is 24.1. The highest BCUT2D eigenvalue weighted by atomic mass is 32.2. The molecule has 2 amide bonds. The molecule has 41 heavy (non-hydrogen) atoms. The predicted molar refractivity (Wildman–Crippen MR) is 158 cm³/mol. The number of anilines is 1. The van der Waals surface area contributed by atoms with Gasteiger partial charge in [-0.15, -0.1) is 0 Å². The lowest BCUT2D eigenvalue weighted by molar-refractivity contribution is -0.139. The fraction of sp³-hybridized carbons (Fsp3) is 0.375. The molecule has 1 aliphatic rings. The highest BCUT2D eigenvalue weighted by Crippen LogP contribution is 2.29. The number of hydrogen-bond donors (Lipinski definition) is 1. The summed E-state index contributed by atoms with van der Waals surface area (Å²) in [6.07, 6.45) is 3.79. The fourth-order valence-corrected chi connectivity index (χ4v) is 6.61. The van der Waals surface area contributed by atoms with E-state index in [1.165, 1.54) is 23.1 Å². The van der Waals surface area contributed by atoms with E-state index in [1.807, 2.05) is 26.8 Å². The second-order valence-corrected chi connectivity index (χ2v) is 12.7. The van der Waals surface area contributed by atoms with Crippen LogP contribution in [0, 0.1) is 26.6 Å². The average Bonchev–Trinajstić information content (AvgIpc) is 3.45. The summed E-state index contributed by atoms with van der Waals surface area (Å²) in [6.45, 7) is 6.39. The standard InChI is InChI=1S/C32H38FN3O4S/c1-22-16-18-28(19-17-22)41(39,40)36(30-15-9-10-23(2)24(30)3)21-31(37)35(20-26-11-5-8-14-29(26)33)25(4)32(38)34-27-12-6-7-13-27/h5,8-11,14-19,25,27H,6-7,12-13,20-21H2,1-4H3,(H,34,38)/t25-/m1/s1. The number of sulfonamides is 1. The van der Waals surface area contributed by atoms with Gasteiger partial charge < -0.3 is 10.2 Å². The molecule has 0 spiro atoms. The molecular formula is C32H38FN3O4S. The number of hydrogen-bond acceptors (Lipinski definition) is 4. The molecule has 218 valence electrons. The Morgan fingerprint density at radius 3 is 2.27 bits per heavy atom. The first-order chi connectivity index (χ1) is 19.5. The number of amides is 2. The summed E-state index contributed by atoms with van der Waals surface area (Å²) in [6, 6.07) is 16.9. The molecule has 0 radical (unpaired) electrons. The minimum absolute atomic E-state index is 0.0312. The summed E-state index contributed by atoms with van der Waals surface area (Å²) in [5, 5.41) is 3.02. The van der Waals surface area contributed by atoms with E-state index in [4.69, 9.17) is 0 Å². The van der Waals surface area contributed by atoms with E-state index < -0.39 is 34.3 Å². The van der Waals surface area contributed by atoms with Crippen molar-refractivity contribution in [2.45, 2.75) is 76.9 Å². The van der Waals surface area contributed by atoms with Crippen LogP contribution in [0.2, 0.25) is 0 Å². The Morgan fingerprint density at radius 1 is 0.951 bits per heavy atom. The summed E-state index contributed by atoms with van der Waals surface area (Å²) in [7, 11) is -4.17. The minimum atomic E-state index is -4.17. The summed E-state index contributed by atoms with van der Waals surface area (Å²) in [4.78, 5) is 28.7. The maximum atomic E-state index is 14.7. The third-order valence-electron chi connectivity index (χ3n) is 7.90. The van der Waals surface area contributed by atoms with Crippen molar-refractivity contribution >= 4 is 27.5 Å². The van der Waals surface area contributed by atoms with Crippen LogP contribution in [0.1, 0.15) is 54.9 Å². The molecule has 1 aliphatic carbocycles. The van der Waals surface area contributed by atoms with Gasteiger partial charge in [0.1, 0.15) is 18.4 Å². The third kappa shape index (κ3) is 6.96. The van der Waals surface area contributed by atoms with Gasteiger partial charge >= 0.3 is 0 Å². The first kappa shape index (κ1) is 30.2. The van der Waals surface area contributed by atoms with Crippen molar-refractivity contribution in [1.29, 1.82) is 0 Å². The average molecular weight is 580 g/mol. The van der Waals surface area contributed by atoms with Crippen LogP contribution >= 0.6 is 0 Å². The lowest BCUT2D eigenvalue weighted by atomic mass is 10.1. The molecular weight excluding hydrogens is 541 g/mol. The van der Waals surface area contributed by atoms with Gasteiger partial charge in [-0.2, -0.15) is 0 Å². The van der Waals surface area contributed by atoms with Crippen LogP contribution in [0.25, 0.3) is 0 Å². The zero-order chi connectivity index (χ0) is 29.7. The first-order valence-corrected chi connectivity index (χ1v) is 15.4. The van der Waals surface area contributed by atoms with E-state index in [0.29, 0.717) is 11.3 Å². The molecule has 0 unspecified atom stereocenters. The lowest BCUT2D eigenvalue weighted by Gasteiger charge is -2.33. The SMILES string of the molecule is Cc1ccc(S(=O)(=O)N(CC(=O)N(Cc2ccccc2F)[C@H](C)C(=O)NC2CCCC2)c2cccc(C)c2C)cc1. The Bertz CT molecular complexity index is 1500. The van der Waals surface area contributed by atoms with Crippen LogP contribution in [-0.4, -0.2) is 43.8 Å². The Balaban J connectivity index is 1.73. The Morgan fingerprint density at radius 2 is 1.61 bits per heavy atom. The Kier molecular flexibility index (Phi) is 9.48. The smallest absolute Gasteiger partial charge is 0.264 e. The monoisotopic (exact) mass is 579 g/mol. The van der Waals surface area contributed by atoms with Crippen LogP contribution in [0.4, 0.5) is 10.1 Å². The van der Waals surface area contributed by atoms with E-state index >= 15 is 0 Å². The van der Waals surface area contributed by atoms with E-state index in [1.54, 1.807) is 49.4 Å². The molecule has 0 bridgehead atoms. The molecule has 0 aromatic heterocycles. The van der Waals surface area contributed by atoms with Crippen molar-refractivity contribution in [2.75, 3.05) is 10.8 Å². The van der Waals surface area contributed by atoms with E-state index in [0.717, 1.165) is 41.1 Å². The second kappa shape index (κ2) is 12.9. The maximum absolute atomic E-state index is 14.7. The normalized spacial score (nSPS) is 14.5. The van der Waals surface area contributed by atoms with Crippen LogP contribution in [0.15, 0.2) is 71.6 Å². The van der Waals surface area contributed by atoms with E-state index in [2.05, 4.69) is 5.32 Å². The molecule has 9 heteroatoms. The zero-order valence-corrected chi connectivity index (χ0v) is 24.9.